The monoisotopic (exact) mass is 414 g/mol. The van der Waals surface area contributed by atoms with Crippen molar-refractivity contribution >= 4 is 23.1 Å². The number of carbonyl (C=O) groups excluding carboxylic acids is 1. The zero-order valence-corrected chi connectivity index (χ0v) is 18.7. The fourth-order valence-electron chi connectivity index (χ4n) is 3.87. The van der Waals surface area contributed by atoms with Crippen LogP contribution >= 0.6 is 11.3 Å². The molecule has 6 heteroatoms. The molecular weight excluding hydrogens is 380 g/mol. The highest BCUT2D eigenvalue weighted by Crippen LogP contribution is 2.25. The van der Waals surface area contributed by atoms with E-state index in [9.17, 15) is 4.79 Å². The summed E-state index contributed by atoms with van der Waals surface area (Å²) in [4.78, 5) is 19.5. The Hall–Kier alpha value is -1.92. The van der Waals surface area contributed by atoms with Crippen molar-refractivity contribution < 1.29 is 4.79 Å². The van der Waals surface area contributed by atoms with Gasteiger partial charge in [-0.2, -0.15) is 0 Å². The Labute approximate surface area is 178 Å². The van der Waals surface area contributed by atoms with Gasteiger partial charge in [0.2, 0.25) is 0 Å². The number of para-hydroxylation sites is 1. The molecule has 0 saturated heterocycles. The van der Waals surface area contributed by atoms with Gasteiger partial charge in [0.15, 0.2) is 0 Å². The molecule has 1 aromatic carbocycles. The third kappa shape index (κ3) is 6.54. The lowest BCUT2D eigenvalue weighted by Crippen LogP contribution is -2.34. The summed E-state index contributed by atoms with van der Waals surface area (Å²) in [5.41, 5.74) is 3.11. The van der Waals surface area contributed by atoms with E-state index in [2.05, 4.69) is 52.9 Å². The minimum Gasteiger partial charge on any atom is -0.337 e. The molecule has 1 aromatic heterocycles. The third-order valence-corrected chi connectivity index (χ3v) is 6.81. The van der Waals surface area contributed by atoms with Gasteiger partial charge in [-0.3, -0.25) is 4.90 Å². The summed E-state index contributed by atoms with van der Waals surface area (Å²) in [6.45, 7) is 5.74. The van der Waals surface area contributed by atoms with Crippen LogP contribution in [0.15, 0.2) is 29.6 Å². The number of hydrogen-bond donors (Lipinski definition) is 2. The Kier molecular flexibility index (Phi) is 8.07. The topological polar surface area (TPSA) is 57.3 Å². The van der Waals surface area contributed by atoms with Crippen LogP contribution in [-0.2, 0) is 13.0 Å². The number of carbonyl (C=O) groups is 1. The Bertz CT molecular complexity index is 783. The molecule has 0 radical (unpaired) electrons. The van der Waals surface area contributed by atoms with E-state index in [1.54, 1.807) is 11.3 Å². The minimum atomic E-state index is -0.155. The molecule has 1 saturated carbocycles. The number of nitrogens with zero attached hydrogens (tertiary/aromatic N) is 2. The van der Waals surface area contributed by atoms with Crippen LogP contribution < -0.4 is 10.6 Å². The second kappa shape index (κ2) is 10.7. The quantitative estimate of drug-likeness (QED) is 0.608. The molecule has 1 aliphatic carbocycles. The van der Waals surface area contributed by atoms with Crippen LogP contribution in [0, 0.1) is 0 Å². The van der Waals surface area contributed by atoms with Gasteiger partial charge in [0, 0.05) is 42.5 Å². The van der Waals surface area contributed by atoms with Crippen molar-refractivity contribution in [1.29, 1.82) is 0 Å². The van der Waals surface area contributed by atoms with Gasteiger partial charge >= 0.3 is 6.03 Å². The van der Waals surface area contributed by atoms with Crippen molar-refractivity contribution in [3.05, 3.63) is 45.9 Å². The fraction of sp³-hybridized carbons (Fsp3) is 0.565. The molecule has 1 aliphatic rings. The largest absolute Gasteiger partial charge is 0.337 e. The molecule has 1 fully saturated rings. The van der Waals surface area contributed by atoms with Crippen molar-refractivity contribution in [1.82, 2.24) is 15.2 Å². The Balaban J connectivity index is 1.49. The predicted molar refractivity (Wildman–Crippen MR) is 122 cm³/mol. The zero-order valence-electron chi connectivity index (χ0n) is 17.9. The number of thiazole rings is 1. The van der Waals surface area contributed by atoms with Crippen LogP contribution in [0.3, 0.4) is 0 Å². The molecule has 0 unspecified atom stereocenters. The third-order valence-electron chi connectivity index (χ3n) is 5.61. The highest BCUT2D eigenvalue weighted by atomic mass is 32.1. The van der Waals surface area contributed by atoms with Gasteiger partial charge in [-0.05, 0) is 31.5 Å². The summed E-state index contributed by atoms with van der Waals surface area (Å²) < 4.78 is 0. The van der Waals surface area contributed by atoms with E-state index in [0.717, 1.165) is 34.9 Å². The first-order valence-electron chi connectivity index (χ1n) is 10.8. The van der Waals surface area contributed by atoms with Gasteiger partial charge < -0.3 is 10.6 Å². The maximum absolute atomic E-state index is 12.4. The molecule has 0 spiro atoms. The number of benzene rings is 1. The minimum absolute atomic E-state index is 0.155. The lowest BCUT2D eigenvalue weighted by molar-refractivity contribution is 0.185. The van der Waals surface area contributed by atoms with Crippen LogP contribution in [0.5, 0.6) is 0 Å². The highest BCUT2D eigenvalue weighted by molar-refractivity contribution is 7.09. The Morgan fingerprint density at radius 1 is 1.24 bits per heavy atom. The predicted octanol–water partition coefficient (Wildman–Crippen LogP) is 5.40. The number of urea groups is 1. The maximum atomic E-state index is 12.4. The van der Waals surface area contributed by atoms with Gasteiger partial charge in [-0.25, -0.2) is 9.78 Å². The second-order valence-electron chi connectivity index (χ2n) is 8.33. The van der Waals surface area contributed by atoms with Gasteiger partial charge in [0.05, 0.1) is 10.7 Å². The van der Waals surface area contributed by atoms with Gasteiger partial charge in [0.25, 0.3) is 0 Å². The van der Waals surface area contributed by atoms with E-state index < -0.39 is 0 Å². The van der Waals surface area contributed by atoms with Crippen LogP contribution in [-0.4, -0.2) is 35.5 Å². The van der Waals surface area contributed by atoms with Gasteiger partial charge in [0.1, 0.15) is 0 Å². The smallest absolute Gasteiger partial charge is 0.319 e. The number of anilines is 1. The lowest BCUT2D eigenvalue weighted by atomic mass is 9.94. The highest BCUT2D eigenvalue weighted by Gasteiger charge is 2.19. The average molecular weight is 415 g/mol. The van der Waals surface area contributed by atoms with Crippen LogP contribution in [0.1, 0.15) is 68.1 Å². The fourth-order valence-corrected chi connectivity index (χ4v) is 4.74. The van der Waals surface area contributed by atoms with Crippen molar-refractivity contribution in [2.45, 2.75) is 70.9 Å². The Morgan fingerprint density at radius 3 is 2.72 bits per heavy atom. The van der Waals surface area contributed by atoms with E-state index in [4.69, 9.17) is 0 Å². The lowest BCUT2D eigenvalue weighted by Gasteiger charge is -2.31. The number of amides is 2. The normalized spacial score (nSPS) is 15.1. The Morgan fingerprint density at radius 2 is 2.00 bits per heavy atom. The zero-order chi connectivity index (χ0) is 20.6. The number of nitrogens with one attached hydrogen (secondary N) is 2. The summed E-state index contributed by atoms with van der Waals surface area (Å²) in [6.07, 6.45) is 7.33. The van der Waals surface area contributed by atoms with Crippen molar-refractivity contribution in [3.63, 3.8) is 0 Å². The first kappa shape index (κ1) is 21.8. The summed E-state index contributed by atoms with van der Waals surface area (Å²) in [5, 5.41) is 9.24. The maximum Gasteiger partial charge on any atom is 0.319 e. The second-order valence-corrected chi connectivity index (χ2v) is 9.22. The van der Waals surface area contributed by atoms with Crippen LogP contribution in [0.25, 0.3) is 0 Å². The molecule has 0 bridgehead atoms. The molecule has 2 amide bonds. The van der Waals surface area contributed by atoms with Crippen molar-refractivity contribution in [2.75, 3.05) is 18.9 Å². The summed E-state index contributed by atoms with van der Waals surface area (Å²) in [5.74, 6) is 0.452. The number of rotatable bonds is 8. The van der Waals surface area contributed by atoms with Crippen LogP contribution in [0.2, 0.25) is 0 Å². The first-order valence-corrected chi connectivity index (χ1v) is 11.7. The van der Waals surface area contributed by atoms with Crippen LogP contribution in [0.4, 0.5) is 10.5 Å². The summed E-state index contributed by atoms with van der Waals surface area (Å²) in [7, 11) is 2.20. The molecule has 0 aliphatic heterocycles. The van der Waals surface area contributed by atoms with Gasteiger partial charge in [-0.1, -0.05) is 51.3 Å². The average Bonchev–Trinajstić information content (AvgIpc) is 3.19. The summed E-state index contributed by atoms with van der Waals surface area (Å²) in [6, 6.07) is 8.61. The standard InChI is InChI=1S/C23H34N4OS/c1-17(2)22-25-19(16-29-22)13-14-24-23(28)26-21-12-8-7-9-18(21)15-27(3)20-10-5-4-6-11-20/h7-9,12,16-17,20H,4-6,10-11,13-15H2,1-3H3,(H2,24,26,28). The van der Waals surface area contributed by atoms with E-state index >= 15 is 0 Å². The molecular formula is C23H34N4OS. The van der Waals surface area contributed by atoms with E-state index in [-0.39, 0.29) is 6.03 Å². The molecule has 3 rings (SSSR count). The van der Waals surface area contributed by atoms with Crippen molar-refractivity contribution in [3.8, 4) is 0 Å². The molecule has 2 N–H and O–H groups in total. The van der Waals surface area contributed by atoms with E-state index in [1.807, 2.05) is 18.2 Å². The SMILES string of the molecule is CC(C)c1nc(CCNC(=O)Nc2ccccc2CN(C)C2CCCCC2)cs1. The number of aromatic nitrogens is 1. The molecule has 158 valence electrons. The van der Waals surface area contributed by atoms with Gasteiger partial charge in [-0.15, -0.1) is 11.3 Å². The molecule has 2 aromatic rings. The first-order chi connectivity index (χ1) is 14.0. The molecule has 0 atom stereocenters. The molecule has 29 heavy (non-hydrogen) atoms. The van der Waals surface area contributed by atoms with E-state index in [0.29, 0.717) is 18.5 Å². The number of hydrogen-bond acceptors (Lipinski definition) is 4. The van der Waals surface area contributed by atoms with E-state index in [1.165, 1.54) is 32.1 Å². The molecule has 1 heterocycles. The molecule has 5 nitrogen and oxygen atoms in total. The van der Waals surface area contributed by atoms with Crippen molar-refractivity contribution in [2.24, 2.45) is 0 Å². The summed E-state index contributed by atoms with van der Waals surface area (Å²) >= 11 is 1.69.